The normalized spacial score (nSPS) is 12.0. The first kappa shape index (κ1) is 20.7. The number of ether oxygens (including phenoxy) is 2. The molecule has 0 atom stereocenters. The molecule has 0 amide bonds. The molecule has 0 unspecified atom stereocenters. The van der Waals surface area contributed by atoms with Crippen LogP contribution in [-0.4, -0.2) is 13.1 Å². The molecule has 4 heteroatoms. The van der Waals surface area contributed by atoms with Crippen molar-refractivity contribution >= 4 is 28.6 Å². The van der Waals surface area contributed by atoms with Gasteiger partial charge in [0.25, 0.3) is 0 Å². The van der Waals surface area contributed by atoms with Crippen LogP contribution >= 0.6 is 22.6 Å². The SMILES string of the molecule is COc1ccc(C(=O)Oc2ccc(C(C)(C)C)cc2C(C)(C)C)cc1I. The van der Waals surface area contributed by atoms with Crippen LogP contribution in [0.5, 0.6) is 11.5 Å². The maximum Gasteiger partial charge on any atom is 0.343 e. The minimum atomic E-state index is -0.362. The predicted molar refractivity (Wildman–Crippen MR) is 115 cm³/mol. The molecule has 0 aliphatic heterocycles. The first-order valence-corrected chi connectivity index (χ1v) is 9.72. The van der Waals surface area contributed by atoms with Crippen LogP contribution in [0.25, 0.3) is 0 Å². The van der Waals surface area contributed by atoms with Crippen LogP contribution in [0.4, 0.5) is 0 Å². The largest absolute Gasteiger partial charge is 0.496 e. The van der Waals surface area contributed by atoms with Crippen LogP contribution < -0.4 is 9.47 Å². The number of halogens is 1. The molecule has 2 aromatic carbocycles. The maximum atomic E-state index is 12.7. The van der Waals surface area contributed by atoms with Gasteiger partial charge in [0.1, 0.15) is 11.5 Å². The number of esters is 1. The van der Waals surface area contributed by atoms with E-state index >= 15 is 0 Å². The standard InChI is InChI=1S/C22H27IO3/c1-21(2,3)15-9-11-18(16(13-15)22(4,5)6)26-20(24)14-8-10-19(25-7)17(23)12-14/h8-13H,1-7H3. The molecular weight excluding hydrogens is 439 g/mol. The van der Waals surface area contributed by atoms with Crippen molar-refractivity contribution in [2.45, 2.75) is 52.4 Å². The van der Waals surface area contributed by atoms with E-state index in [0.29, 0.717) is 11.3 Å². The Bertz CT molecular complexity index is 811. The van der Waals surface area contributed by atoms with E-state index in [1.54, 1.807) is 25.3 Å². The number of rotatable bonds is 3. The lowest BCUT2D eigenvalue weighted by Gasteiger charge is -2.26. The molecule has 0 aliphatic carbocycles. The molecule has 0 saturated heterocycles. The van der Waals surface area contributed by atoms with Gasteiger partial charge >= 0.3 is 5.97 Å². The van der Waals surface area contributed by atoms with Gasteiger partial charge in [0, 0.05) is 5.56 Å². The van der Waals surface area contributed by atoms with Crippen LogP contribution in [0.1, 0.15) is 63.0 Å². The summed E-state index contributed by atoms with van der Waals surface area (Å²) in [5.41, 5.74) is 2.66. The second-order valence-electron chi connectivity index (χ2n) is 8.45. The molecule has 0 heterocycles. The van der Waals surface area contributed by atoms with Crippen molar-refractivity contribution < 1.29 is 14.3 Å². The molecule has 26 heavy (non-hydrogen) atoms. The highest BCUT2D eigenvalue weighted by atomic mass is 127. The lowest BCUT2D eigenvalue weighted by Crippen LogP contribution is -2.19. The van der Waals surface area contributed by atoms with E-state index in [2.05, 4.69) is 70.2 Å². The second-order valence-corrected chi connectivity index (χ2v) is 9.61. The van der Waals surface area contributed by atoms with E-state index in [1.165, 1.54) is 5.56 Å². The molecule has 0 radical (unpaired) electrons. The van der Waals surface area contributed by atoms with Gasteiger partial charge in [0.15, 0.2) is 0 Å². The molecule has 0 fully saturated rings. The Hall–Kier alpha value is -1.56. The van der Waals surface area contributed by atoms with Gasteiger partial charge in [-0.2, -0.15) is 0 Å². The van der Waals surface area contributed by atoms with E-state index in [1.807, 2.05) is 12.1 Å². The first-order valence-electron chi connectivity index (χ1n) is 8.64. The fourth-order valence-corrected chi connectivity index (χ4v) is 3.36. The number of carbonyl (C=O) groups is 1. The highest BCUT2D eigenvalue weighted by Crippen LogP contribution is 2.36. The predicted octanol–water partition coefficient (Wildman–Crippen LogP) is 6.11. The Morgan fingerprint density at radius 1 is 0.885 bits per heavy atom. The molecule has 2 rings (SSSR count). The van der Waals surface area contributed by atoms with Gasteiger partial charge in [0.2, 0.25) is 0 Å². The number of carbonyl (C=O) groups excluding carboxylic acids is 1. The summed E-state index contributed by atoms with van der Waals surface area (Å²) in [5, 5.41) is 0. The second kappa shape index (κ2) is 7.59. The quantitative estimate of drug-likeness (QED) is 0.311. The van der Waals surface area contributed by atoms with E-state index in [-0.39, 0.29) is 16.8 Å². The molecule has 140 valence electrons. The van der Waals surface area contributed by atoms with Crippen molar-refractivity contribution in [1.29, 1.82) is 0 Å². The smallest absolute Gasteiger partial charge is 0.343 e. The number of methoxy groups -OCH3 is 1. The van der Waals surface area contributed by atoms with Crippen LogP contribution in [0.2, 0.25) is 0 Å². The summed E-state index contributed by atoms with van der Waals surface area (Å²) >= 11 is 2.15. The lowest BCUT2D eigenvalue weighted by atomic mass is 9.80. The van der Waals surface area contributed by atoms with Gasteiger partial charge in [-0.25, -0.2) is 4.79 Å². The summed E-state index contributed by atoms with van der Waals surface area (Å²) in [7, 11) is 1.61. The van der Waals surface area contributed by atoms with Gasteiger partial charge in [-0.1, -0.05) is 53.7 Å². The molecule has 0 aromatic heterocycles. The van der Waals surface area contributed by atoms with Crippen molar-refractivity contribution in [3.8, 4) is 11.5 Å². The molecule has 0 saturated carbocycles. The topological polar surface area (TPSA) is 35.5 Å². The van der Waals surface area contributed by atoms with Crippen molar-refractivity contribution in [1.82, 2.24) is 0 Å². The zero-order chi connectivity index (χ0) is 19.7. The molecular formula is C22H27IO3. The van der Waals surface area contributed by atoms with Crippen molar-refractivity contribution in [3.05, 3.63) is 56.7 Å². The molecule has 0 bridgehead atoms. The molecule has 0 spiro atoms. The van der Waals surface area contributed by atoms with E-state index in [4.69, 9.17) is 9.47 Å². The molecule has 0 aliphatic rings. The average Bonchev–Trinajstić information content (AvgIpc) is 2.53. The third kappa shape index (κ3) is 4.78. The van der Waals surface area contributed by atoms with Crippen molar-refractivity contribution in [2.75, 3.05) is 7.11 Å². The van der Waals surface area contributed by atoms with Crippen LogP contribution in [0, 0.1) is 3.57 Å². The summed E-state index contributed by atoms with van der Waals surface area (Å²) in [5.74, 6) is 0.993. The first-order chi connectivity index (χ1) is 11.9. The molecule has 2 aromatic rings. The summed E-state index contributed by atoms with van der Waals surface area (Å²) in [6.07, 6.45) is 0. The van der Waals surface area contributed by atoms with Gasteiger partial charge in [-0.15, -0.1) is 0 Å². The zero-order valence-corrected chi connectivity index (χ0v) is 18.7. The highest BCUT2D eigenvalue weighted by Gasteiger charge is 2.24. The Kier molecular flexibility index (Phi) is 6.06. The van der Waals surface area contributed by atoms with Gasteiger partial charge in [-0.3, -0.25) is 0 Å². The van der Waals surface area contributed by atoms with Gasteiger partial charge in [-0.05, 0) is 63.2 Å². The van der Waals surface area contributed by atoms with Crippen molar-refractivity contribution in [2.24, 2.45) is 0 Å². The maximum absolute atomic E-state index is 12.7. The number of hydrogen-bond donors (Lipinski definition) is 0. The minimum absolute atomic E-state index is 0.0363. The van der Waals surface area contributed by atoms with E-state index in [0.717, 1.165) is 14.9 Å². The third-order valence-electron chi connectivity index (χ3n) is 4.24. The fourth-order valence-electron chi connectivity index (χ4n) is 2.62. The summed E-state index contributed by atoms with van der Waals surface area (Å²) < 4.78 is 11.9. The third-order valence-corrected chi connectivity index (χ3v) is 5.09. The summed E-state index contributed by atoms with van der Waals surface area (Å²) in [6.45, 7) is 12.9. The van der Waals surface area contributed by atoms with E-state index < -0.39 is 0 Å². The molecule has 3 nitrogen and oxygen atoms in total. The fraction of sp³-hybridized carbons (Fsp3) is 0.409. The minimum Gasteiger partial charge on any atom is -0.496 e. The van der Waals surface area contributed by atoms with Crippen LogP contribution in [0.15, 0.2) is 36.4 Å². The Morgan fingerprint density at radius 3 is 2.00 bits per heavy atom. The van der Waals surface area contributed by atoms with Gasteiger partial charge < -0.3 is 9.47 Å². The monoisotopic (exact) mass is 466 g/mol. The van der Waals surface area contributed by atoms with Crippen LogP contribution in [0.3, 0.4) is 0 Å². The highest BCUT2D eigenvalue weighted by molar-refractivity contribution is 14.1. The van der Waals surface area contributed by atoms with Crippen molar-refractivity contribution in [3.63, 3.8) is 0 Å². The Balaban J connectivity index is 2.39. The Labute approximate surface area is 170 Å². The zero-order valence-electron chi connectivity index (χ0n) is 16.6. The number of hydrogen-bond acceptors (Lipinski definition) is 3. The van der Waals surface area contributed by atoms with Crippen LogP contribution in [-0.2, 0) is 10.8 Å². The van der Waals surface area contributed by atoms with Gasteiger partial charge in [0.05, 0.1) is 16.2 Å². The lowest BCUT2D eigenvalue weighted by molar-refractivity contribution is 0.0731. The molecule has 0 N–H and O–H groups in total. The average molecular weight is 466 g/mol. The summed E-state index contributed by atoms with van der Waals surface area (Å²) in [4.78, 5) is 12.7. The number of benzene rings is 2. The summed E-state index contributed by atoms with van der Waals surface area (Å²) in [6, 6.07) is 11.4. The van der Waals surface area contributed by atoms with E-state index in [9.17, 15) is 4.79 Å². The Morgan fingerprint density at radius 2 is 1.50 bits per heavy atom.